The van der Waals surface area contributed by atoms with Crippen LogP contribution < -0.4 is 11.1 Å². The van der Waals surface area contributed by atoms with E-state index in [9.17, 15) is 4.79 Å². The van der Waals surface area contributed by atoms with E-state index in [0.29, 0.717) is 17.9 Å². The van der Waals surface area contributed by atoms with Gasteiger partial charge in [0.05, 0.1) is 12.2 Å². The smallest absolute Gasteiger partial charge is 0.268 e. The highest BCUT2D eigenvalue weighted by molar-refractivity contribution is 9.10. The van der Waals surface area contributed by atoms with Gasteiger partial charge in [0.2, 0.25) is 0 Å². The molecule has 90 valence electrons. The van der Waals surface area contributed by atoms with Crippen molar-refractivity contribution >= 4 is 38.9 Å². The zero-order chi connectivity index (χ0) is 12.4. The molecule has 0 saturated heterocycles. The number of amides is 1. The van der Waals surface area contributed by atoms with E-state index in [1.165, 1.54) is 0 Å². The van der Waals surface area contributed by atoms with Crippen LogP contribution in [0.3, 0.4) is 0 Å². The molecule has 2 aromatic heterocycles. The van der Waals surface area contributed by atoms with Gasteiger partial charge in [0.25, 0.3) is 5.91 Å². The highest BCUT2D eigenvalue weighted by Gasteiger charge is 2.11. The zero-order valence-electron chi connectivity index (χ0n) is 9.24. The van der Waals surface area contributed by atoms with Gasteiger partial charge in [-0.15, -0.1) is 11.3 Å². The summed E-state index contributed by atoms with van der Waals surface area (Å²) in [4.78, 5) is 13.0. The van der Waals surface area contributed by atoms with Gasteiger partial charge in [-0.2, -0.15) is 0 Å². The van der Waals surface area contributed by atoms with Gasteiger partial charge >= 0.3 is 0 Å². The summed E-state index contributed by atoms with van der Waals surface area (Å²) in [6, 6.07) is 3.63. The molecule has 0 bridgehead atoms. The van der Waals surface area contributed by atoms with Crippen LogP contribution >= 0.6 is 27.3 Å². The molecule has 0 aliphatic rings. The number of anilines is 1. The van der Waals surface area contributed by atoms with Crippen LogP contribution in [-0.4, -0.2) is 10.5 Å². The molecule has 0 saturated carbocycles. The number of hydrogen-bond donors (Lipinski definition) is 2. The SMILES string of the molecule is Cn1cc(N)cc1C(=O)NCc1sccc1Br. The third-order valence-corrected chi connectivity index (χ3v) is 4.29. The highest BCUT2D eigenvalue weighted by Crippen LogP contribution is 2.22. The zero-order valence-corrected chi connectivity index (χ0v) is 11.6. The standard InChI is InChI=1S/C11H12BrN3OS/c1-15-6-7(13)4-9(15)11(16)14-5-10-8(12)2-3-17-10/h2-4,6H,5,13H2,1H3,(H,14,16). The number of aromatic nitrogens is 1. The normalized spacial score (nSPS) is 10.5. The first-order chi connectivity index (χ1) is 8.08. The first-order valence-corrected chi connectivity index (χ1v) is 6.67. The van der Waals surface area contributed by atoms with Crippen LogP contribution in [0.4, 0.5) is 5.69 Å². The summed E-state index contributed by atoms with van der Waals surface area (Å²) in [5, 5.41) is 4.84. The lowest BCUT2D eigenvalue weighted by atomic mass is 10.3. The molecule has 6 heteroatoms. The van der Waals surface area contributed by atoms with Crippen molar-refractivity contribution in [2.24, 2.45) is 7.05 Å². The molecule has 17 heavy (non-hydrogen) atoms. The molecule has 0 unspecified atom stereocenters. The maximum atomic E-state index is 11.9. The average Bonchev–Trinajstić information content (AvgIpc) is 2.81. The van der Waals surface area contributed by atoms with Crippen molar-refractivity contribution in [2.45, 2.75) is 6.54 Å². The first-order valence-electron chi connectivity index (χ1n) is 5.00. The second kappa shape index (κ2) is 4.93. The Kier molecular flexibility index (Phi) is 3.54. The van der Waals surface area contributed by atoms with E-state index in [-0.39, 0.29) is 5.91 Å². The summed E-state index contributed by atoms with van der Waals surface area (Å²) < 4.78 is 2.74. The summed E-state index contributed by atoms with van der Waals surface area (Å²) in [5.74, 6) is -0.121. The predicted octanol–water partition coefficient (Wildman–Crippen LogP) is 2.36. The Morgan fingerprint density at radius 2 is 2.41 bits per heavy atom. The van der Waals surface area contributed by atoms with Crippen molar-refractivity contribution < 1.29 is 4.79 Å². The molecule has 0 radical (unpaired) electrons. The fourth-order valence-corrected chi connectivity index (χ4v) is 2.95. The minimum atomic E-state index is -0.121. The van der Waals surface area contributed by atoms with E-state index >= 15 is 0 Å². The largest absolute Gasteiger partial charge is 0.397 e. The number of carbonyl (C=O) groups excluding carboxylic acids is 1. The molecule has 2 heterocycles. The number of hydrogen-bond acceptors (Lipinski definition) is 3. The van der Waals surface area contributed by atoms with Gasteiger partial charge in [0.15, 0.2) is 0 Å². The number of aryl methyl sites for hydroxylation is 1. The first kappa shape index (κ1) is 12.2. The van der Waals surface area contributed by atoms with Gasteiger partial charge < -0.3 is 15.6 Å². The van der Waals surface area contributed by atoms with E-state index in [2.05, 4.69) is 21.2 Å². The molecule has 0 aromatic carbocycles. The number of nitrogen functional groups attached to an aromatic ring is 1. The Balaban J connectivity index is 2.03. The molecule has 0 spiro atoms. The number of nitrogens with two attached hydrogens (primary N) is 1. The number of nitrogens with zero attached hydrogens (tertiary/aromatic N) is 1. The minimum Gasteiger partial charge on any atom is -0.397 e. The summed E-state index contributed by atoms with van der Waals surface area (Å²) in [6.07, 6.45) is 1.72. The number of carbonyl (C=O) groups is 1. The second-order valence-electron chi connectivity index (χ2n) is 3.64. The van der Waals surface area contributed by atoms with Crippen LogP contribution in [0, 0.1) is 0 Å². The number of rotatable bonds is 3. The van der Waals surface area contributed by atoms with Gasteiger partial charge in [-0.3, -0.25) is 4.79 Å². The topological polar surface area (TPSA) is 60.0 Å². The molecular formula is C11H12BrN3OS. The van der Waals surface area contributed by atoms with E-state index < -0.39 is 0 Å². The van der Waals surface area contributed by atoms with Crippen LogP contribution in [0.2, 0.25) is 0 Å². The fraction of sp³-hybridized carbons (Fsp3) is 0.182. The molecule has 0 aliphatic heterocycles. The lowest BCUT2D eigenvalue weighted by Crippen LogP contribution is -2.24. The van der Waals surface area contributed by atoms with Crippen molar-refractivity contribution in [1.29, 1.82) is 0 Å². The Bertz CT molecular complexity index is 547. The molecular weight excluding hydrogens is 302 g/mol. The maximum absolute atomic E-state index is 11.9. The summed E-state index contributed by atoms with van der Waals surface area (Å²) in [5.41, 5.74) is 6.78. The van der Waals surface area contributed by atoms with Crippen LogP contribution in [0.15, 0.2) is 28.2 Å². The van der Waals surface area contributed by atoms with Crippen molar-refractivity contribution in [2.75, 3.05) is 5.73 Å². The van der Waals surface area contributed by atoms with Crippen LogP contribution in [0.25, 0.3) is 0 Å². The van der Waals surface area contributed by atoms with Crippen LogP contribution in [-0.2, 0) is 13.6 Å². The Labute approximate surface area is 112 Å². The Morgan fingerprint density at radius 3 is 2.94 bits per heavy atom. The highest BCUT2D eigenvalue weighted by atomic mass is 79.9. The van der Waals surface area contributed by atoms with Gasteiger partial charge in [0, 0.05) is 22.6 Å². The van der Waals surface area contributed by atoms with Crippen molar-refractivity contribution in [1.82, 2.24) is 9.88 Å². The van der Waals surface area contributed by atoms with E-state index in [1.54, 1.807) is 35.2 Å². The summed E-state index contributed by atoms with van der Waals surface area (Å²) >= 11 is 5.03. The molecule has 0 aliphatic carbocycles. The molecule has 4 nitrogen and oxygen atoms in total. The summed E-state index contributed by atoms with van der Waals surface area (Å²) in [7, 11) is 1.80. The quantitative estimate of drug-likeness (QED) is 0.914. The van der Waals surface area contributed by atoms with Gasteiger partial charge in [-0.05, 0) is 33.4 Å². The number of thiophene rings is 1. The van der Waals surface area contributed by atoms with Crippen LogP contribution in [0.5, 0.6) is 0 Å². The van der Waals surface area contributed by atoms with Crippen molar-refractivity contribution in [3.8, 4) is 0 Å². The molecule has 3 N–H and O–H groups in total. The number of nitrogens with one attached hydrogen (secondary N) is 1. The molecule has 1 amide bonds. The lowest BCUT2D eigenvalue weighted by Gasteiger charge is -2.04. The molecule has 0 atom stereocenters. The number of halogens is 1. The predicted molar refractivity (Wildman–Crippen MR) is 73.0 cm³/mol. The van der Waals surface area contributed by atoms with Crippen molar-refractivity contribution in [3.63, 3.8) is 0 Å². The van der Waals surface area contributed by atoms with Gasteiger partial charge in [-0.1, -0.05) is 0 Å². The summed E-state index contributed by atoms with van der Waals surface area (Å²) in [6.45, 7) is 0.516. The van der Waals surface area contributed by atoms with E-state index in [1.807, 2.05) is 11.4 Å². The molecule has 2 aromatic rings. The second-order valence-corrected chi connectivity index (χ2v) is 5.50. The van der Waals surface area contributed by atoms with Gasteiger partial charge in [0.1, 0.15) is 5.69 Å². The Hall–Kier alpha value is -1.27. The third-order valence-electron chi connectivity index (χ3n) is 2.36. The Morgan fingerprint density at radius 1 is 1.65 bits per heavy atom. The molecule has 0 fully saturated rings. The average molecular weight is 314 g/mol. The minimum absolute atomic E-state index is 0.121. The van der Waals surface area contributed by atoms with E-state index in [4.69, 9.17) is 5.73 Å². The lowest BCUT2D eigenvalue weighted by molar-refractivity contribution is 0.0943. The monoisotopic (exact) mass is 313 g/mol. The fourth-order valence-electron chi connectivity index (χ4n) is 1.52. The third kappa shape index (κ3) is 2.70. The van der Waals surface area contributed by atoms with Gasteiger partial charge in [-0.25, -0.2) is 0 Å². The maximum Gasteiger partial charge on any atom is 0.268 e. The van der Waals surface area contributed by atoms with Crippen LogP contribution in [0.1, 0.15) is 15.4 Å². The van der Waals surface area contributed by atoms with Crippen molar-refractivity contribution in [3.05, 3.63) is 38.8 Å². The van der Waals surface area contributed by atoms with E-state index in [0.717, 1.165) is 9.35 Å². The molecule has 2 rings (SSSR count).